The quantitative estimate of drug-likeness (QED) is 0.589. The molecule has 1 saturated heterocycles. The van der Waals surface area contributed by atoms with Gasteiger partial charge in [0.25, 0.3) is 0 Å². The summed E-state index contributed by atoms with van der Waals surface area (Å²) in [5.41, 5.74) is 4.46. The van der Waals surface area contributed by atoms with E-state index < -0.39 is 11.7 Å². The summed E-state index contributed by atoms with van der Waals surface area (Å²) >= 11 is 6.05. The first kappa shape index (κ1) is 23.7. The minimum Gasteiger partial charge on any atom is -0.355 e. The molecular formula is C24H30ClF3N4O2. The molecule has 5 fully saturated rings. The Morgan fingerprint density at radius 1 is 1.06 bits per heavy atom. The molecule has 0 atom stereocenters. The lowest BCUT2D eigenvalue weighted by atomic mass is 9.49. The Morgan fingerprint density at radius 3 is 2.18 bits per heavy atom. The monoisotopic (exact) mass is 498 g/mol. The van der Waals surface area contributed by atoms with E-state index >= 15 is 0 Å². The maximum Gasteiger partial charge on any atom is 0.417 e. The van der Waals surface area contributed by atoms with Gasteiger partial charge in [-0.2, -0.15) is 13.2 Å². The Kier molecular flexibility index (Phi) is 6.19. The molecule has 10 heteroatoms. The van der Waals surface area contributed by atoms with Crippen molar-refractivity contribution in [1.29, 1.82) is 0 Å². The highest BCUT2D eigenvalue weighted by molar-refractivity contribution is 6.33. The van der Waals surface area contributed by atoms with Gasteiger partial charge in [-0.1, -0.05) is 11.6 Å². The number of anilines is 1. The topological polar surface area (TPSA) is 74.3 Å². The lowest BCUT2D eigenvalue weighted by molar-refractivity contribution is -0.137. The average Bonchev–Trinajstić information content (AvgIpc) is 2.75. The second-order valence-electron chi connectivity index (χ2n) is 10.9. The number of nitrogens with one attached hydrogen (secondary N) is 2. The van der Waals surface area contributed by atoms with Crippen LogP contribution >= 0.6 is 11.6 Å². The summed E-state index contributed by atoms with van der Waals surface area (Å²) in [7, 11) is 0. The highest BCUT2D eigenvalue weighted by Crippen LogP contribution is 2.61. The van der Waals surface area contributed by atoms with Gasteiger partial charge >= 0.3 is 6.18 Å². The molecule has 0 aromatic carbocycles. The van der Waals surface area contributed by atoms with Crippen molar-refractivity contribution >= 4 is 29.2 Å². The number of carbonyl (C=O) groups is 2. The molecule has 1 aromatic heterocycles. The molecule has 1 aromatic rings. The van der Waals surface area contributed by atoms with Gasteiger partial charge in [-0.15, -0.1) is 0 Å². The number of nitrogens with zero attached hydrogens (tertiary/aromatic N) is 2. The third-order valence-corrected chi connectivity index (χ3v) is 8.62. The van der Waals surface area contributed by atoms with Gasteiger partial charge in [0.15, 0.2) is 0 Å². The number of hydrogen-bond donors (Lipinski definition) is 2. The van der Waals surface area contributed by atoms with Crippen molar-refractivity contribution in [1.82, 2.24) is 15.8 Å². The van der Waals surface area contributed by atoms with Crippen molar-refractivity contribution in [3.8, 4) is 0 Å². The highest BCUT2D eigenvalue weighted by Gasteiger charge is 2.51. The van der Waals surface area contributed by atoms with E-state index in [0.29, 0.717) is 32.4 Å². The molecule has 0 unspecified atom stereocenters. The standard InChI is InChI=1S/C24H30ClF3N4O2/c25-19-8-18(24(26,27)28)13-29-21(19)32-3-1-17(2-4-32)22(34)31-30-20(33)12-23-9-14-5-15(10-23)7-16(6-14)11-23/h8,13-17H,1-7,9-12H2,(H,30,33)(H,31,34). The number of halogens is 4. The van der Waals surface area contributed by atoms with Gasteiger partial charge in [-0.3, -0.25) is 20.4 Å². The van der Waals surface area contributed by atoms with E-state index in [-0.39, 0.29) is 34.0 Å². The Bertz CT molecular complexity index is 927. The second-order valence-corrected chi connectivity index (χ2v) is 11.3. The van der Waals surface area contributed by atoms with E-state index in [2.05, 4.69) is 15.8 Å². The molecule has 2 heterocycles. The number of hydrogen-bond acceptors (Lipinski definition) is 4. The molecule has 2 N–H and O–H groups in total. The fourth-order valence-electron chi connectivity index (χ4n) is 7.30. The average molecular weight is 499 g/mol. The summed E-state index contributed by atoms with van der Waals surface area (Å²) in [6.07, 6.45) is 5.13. The lowest BCUT2D eigenvalue weighted by Crippen LogP contribution is -2.51. The van der Waals surface area contributed by atoms with Gasteiger partial charge in [0.1, 0.15) is 5.82 Å². The first-order valence-electron chi connectivity index (χ1n) is 12.2. The third kappa shape index (κ3) is 4.86. The van der Waals surface area contributed by atoms with Gasteiger partial charge < -0.3 is 4.90 Å². The summed E-state index contributed by atoms with van der Waals surface area (Å²) in [6.45, 7) is 0.884. The smallest absolute Gasteiger partial charge is 0.355 e. The molecular weight excluding hydrogens is 469 g/mol. The fourth-order valence-corrected chi connectivity index (χ4v) is 7.58. The summed E-state index contributed by atoms with van der Waals surface area (Å²) in [5, 5.41) is -0.0605. The zero-order valence-corrected chi connectivity index (χ0v) is 19.7. The van der Waals surface area contributed by atoms with Crippen molar-refractivity contribution in [2.24, 2.45) is 29.1 Å². The first-order chi connectivity index (χ1) is 16.1. The number of alkyl halides is 3. The fraction of sp³-hybridized carbons (Fsp3) is 0.708. The van der Waals surface area contributed by atoms with Crippen molar-refractivity contribution < 1.29 is 22.8 Å². The van der Waals surface area contributed by atoms with E-state index in [1.54, 1.807) is 4.90 Å². The summed E-state index contributed by atoms with van der Waals surface area (Å²) in [4.78, 5) is 31.0. The van der Waals surface area contributed by atoms with Crippen molar-refractivity contribution in [3.63, 3.8) is 0 Å². The van der Waals surface area contributed by atoms with Crippen molar-refractivity contribution in [2.75, 3.05) is 18.0 Å². The number of aromatic nitrogens is 1. The van der Waals surface area contributed by atoms with Crippen LogP contribution in [0.25, 0.3) is 0 Å². The predicted molar refractivity (Wildman–Crippen MR) is 121 cm³/mol. The maximum atomic E-state index is 12.8. The van der Waals surface area contributed by atoms with E-state index in [1.807, 2.05) is 0 Å². The minimum atomic E-state index is -4.50. The van der Waals surface area contributed by atoms with Crippen LogP contribution in [0, 0.1) is 29.1 Å². The predicted octanol–water partition coefficient (Wildman–Crippen LogP) is 4.72. The molecule has 4 saturated carbocycles. The molecule has 4 aliphatic carbocycles. The van der Waals surface area contributed by atoms with Crippen LogP contribution < -0.4 is 15.8 Å². The Balaban J connectivity index is 1.09. The van der Waals surface area contributed by atoms with Crippen LogP contribution in [0.1, 0.15) is 63.4 Å². The minimum absolute atomic E-state index is 0.0605. The molecule has 6 rings (SSSR count). The van der Waals surface area contributed by atoms with E-state index in [4.69, 9.17) is 11.6 Å². The Labute approximate surface area is 202 Å². The molecule has 0 spiro atoms. The number of hydrazine groups is 1. The Morgan fingerprint density at radius 2 is 1.65 bits per heavy atom. The van der Waals surface area contributed by atoms with Crippen LogP contribution in [0.15, 0.2) is 12.3 Å². The van der Waals surface area contributed by atoms with Crippen LogP contribution in [-0.4, -0.2) is 29.9 Å². The zero-order chi connectivity index (χ0) is 24.1. The maximum absolute atomic E-state index is 12.8. The molecule has 186 valence electrons. The highest BCUT2D eigenvalue weighted by atomic mass is 35.5. The zero-order valence-electron chi connectivity index (χ0n) is 19.0. The molecule has 1 aliphatic heterocycles. The van der Waals surface area contributed by atoms with Gasteiger partial charge in [0, 0.05) is 31.6 Å². The summed E-state index contributed by atoms with van der Waals surface area (Å²) in [5.74, 6) is 1.96. The second kappa shape index (κ2) is 8.88. The van der Waals surface area contributed by atoms with Gasteiger partial charge in [-0.05, 0) is 80.6 Å². The molecule has 0 radical (unpaired) electrons. The van der Waals surface area contributed by atoms with Crippen molar-refractivity contribution in [2.45, 2.75) is 64.0 Å². The Hall–Kier alpha value is -2.03. The van der Waals surface area contributed by atoms with Gasteiger partial charge in [0.2, 0.25) is 11.8 Å². The van der Waals surface area contributed by atoms with E-state index in [9.17, 15) is 22.8 Å². The number of piperidine rings is 1. The van der Waals surface area contributed by atoms with Gasteiger partial charge in [0.05, 0.1) is 10.6 Å². The normalized spacial score (nSPS) is 30.9. The van der Waals surface area contributed by atoms with E-state index in [1.165, 1.54) is 19.3 Å². The van der Waals surface area contributed by atoms with Crippen LogP contribution in [0.5, 0.6) is 0 Å². The molecule has 5 aliphatic rings. The van der Waals surface area contributed by atoms with Crippen LogP contribution in [0.2, 0.25) is 5.02 Å². The number of rotatable bonds is 4. The summed E-state index contributed by atoms with van der Waals surface area (Å²) in [6, 6.07) is 0.877. The van der Waals surface area contributed by atoms with E-state index in [0.717, 1.165) is 49.3 Å². The van der Waals surface area contributed by atoms with Crippen LogP contribution in [0.3, 0.4) is 0 Å². The van der Waals surface area contributed by atoms with Crippen LogP contribution in [0.4, 0.5) is 19.0 Å². The molecule has 2 amide bonds. The molecule has 4 bridgehead atoms. The SMILES string of the molecule is O=C(CC12CC3CC(CC(C3)C1)C2)NNC(=O)C1CCN(c2ncc(C(F)(F)F)cc2Cl)CC1. The third-order valence-electron chi connectivity index (χ3n) is 8.34. The van der Waals surface area contributed by atoms with Gasteiger partial charge in [-0.25, -0.2) is 4.98 Å². The largest absolute Gasteiger partial charge is 0.417 e. The number of amides is 2. The first-order valence-corrected chi connectivity index (χ1v) is 12.5. The lowest BCUT2D eigenvalue weighted by Gasteiger charge is -2.56. The number of carbonyl (C=O) groups excluding carboxylic acids is 2. The van der Waals surface area contributed by atoms with Crippen molar-refractivity contribution in [3.05, 3.63) is 22.8 Å². The van der Waals surface area contributed by atoms with Crippen LogP contribution in [-0.2, 0) is 15.8 Å². The molecule has 34 heavy (non-hydrogen) atoms. The number of pyridine rings is 1. The summed E-state index contributed by atoms with van der Waals surface area (Å²) < 4.78 is 38.5. The molecule has 6 nitrogen and oxygen atoms in total.